The summed E-state index contributed by atoms with van der Waals surface area (Å²) in [5, 5.41) is 10.6. The van der Waals surface area contributed by atoms with Gasteiger partial charge in [-0.2, -0.15) is 4.98 Å². The number of fused-ring (bicyclic) bond motifs is 1. The molecule has 0 amide bonds. The Bertz CT molecular complexity index is 1550. The van der Waals surface area contributed by atoms with Crippen LogP contribution in [0.15, 0.2) is 30.1 Å². The zero-order valence-corrected chi connectivity index (χ0v) is 26.4. The number of nitrogens with zero attached hydrogens (tertiary/aromatic N) is 5. The van der Waals surface area contributed by atoms with E-state index in [1.54, 1.807) is 31.3 Å². The molecule has 1 fully saturated rings. The van der Waals surface area contributed by atoms with Crippen molar-refractivity contribution >= 4 is 28.8 Å². The lowest BCUT2D eigenvalue weighted by Crippen LogP contribution is -2.26. The van der Waals surface area contributed by atoms with Crippen LogP contribution in [-0.2, 0) is 22.6 Å². The first-order chi connectivity index (χ1) is 21.1. The van der Waals surface area contributed by atoms with Gasteiger partial charge in [0.1, 0.15) is 24.3 Å². The first-order valence-electron chi connectivity index (χ1n) is 15.0. The van der Waals surface area contributed by atoms with Crippen molar-refractivity contribution in [3.05, 3.63) is 57.6 Å². The summed E-state index contributed by atoms with van der Waals surface area (Å²) in [5.74, 6) is 1.25. The molecule has 0 radical (unpaired) electrons. The van der Waals surface area contributed by atoms with Gasteiger partial charge in [-0.05, 0) is 45.4 Å². The van der Waals surface area contributed by atoms with Crippen LogP contribution < -0.4 is 20.1 Å². The molecule has 44 heavy (non-hydrogen) atoms. The largest absolute Gasteiger partial charge is 0.491 e. The number of aliphatic hydroxyl groups is 1. The van der Waals surface area contributed by atoms with Crippen LogP contribution in [0.1, 0.15) is 69.0 Å². The molecule has 1 saturated heterocycles. The highest BCUT2D eigenvalue weighted by Gasteiger charge is 2.29. The number of anilines is 1. The van der Waals surface area contributed by atoms with Gasteiger partial charge in [-0.1, -0.05) is 24.9 Å². The maximum absolute atomic E-state index is 12.8. The molecule has 234 valence electrons. The van der Waals surface area contributed by atoms with Gasteiger partial charge in [-0.3, -0.25) is 4.79 Å². The summed E-state index contributed by atoms with van der Waals surface area (Å²) in [4.78, 5) is 33.9. The Labute approximate surface area is 262 Å². The van der Waals surface area contributed by atoms with E-state index < -0.39 is 6.10 Å². The highest BCUT2D eigenvalue weighted by molar-refractivity contribution is 6.33. The van der Waals surface area contributed by atoms with E-state index in [4.69, 9.17) is 46.5 Å². The van der Waals surface area contributed by atoms with Crippen molar-refractivity contribution in [1.29, 1.82) is 0 Å². The number of carbonyl (C=O) groups is 1. The Kier molecular flexibility index (Phi) is 9.97. The standard InChI is InChI=1S/C32H39ClN6O5/c1-5-6-22(41)17-43-24-7-8-26(33)25(13-24)30-37-29(28(19(3)34)20(4)40)18(2)31(38-30)39-15-21-14-35-32(36-27(21)16-39)44-23-9-11-42-12-10-23/h7-8,13-14,22-23,41H,5-6,9-12,15-17,34H2,1-4H3/t22-/m1/s1. The van der Waals surface area contributed by atoms with Crippen LogP contribution in [0, 0.1) is 6.92 Å². The van der Waals surface area contributed by atoms with Gasteiger partial charge in [0.2, 0.25) is 0 Å². The quantitative estimate of drug-likeness (QED) is 0.285. The van der Waals surface area contributed by atoms with Crippen molar-refractivity contribution in [2.45, 2.75) is 78.7 Å². The fourth-order valence-corrected chi connectivity index (χ4v) is 5.67. The number of Topliss-reactive ketones (excluding diaryl/α,β-unsaturated/α-hetero) is 1. The zero-order chi connectivity index (χ0) is 31.4. The van der Waals surface area contributed by atoms with Crippen molar-refractivity contribution in [1.82, 2.24) is 19.9 Å². The first kappa shape index (κ1) is 31.6. The SMILES string of the molecule is CCC[C@@H](O)COc1ccc(Cl)c(-c2nc(C(C(C)=O)=C(C)N)c(C)c(N3Cc4cnc(OC5CCOCC5)nc4C3)n2)c1. The molecule has 2 aliphatic rings. The summed E-state index contributed by atoms with van der Waals surface area (Å²) >= 11 is 6.68. The molecule has 0 spiro atoms. The number of ketones is 1. The molecule has 4 heterocycles. The number of hydrogen-bond donors (Lipinski definition) is 2. The van der Waals surface area contributed by atoms with Crippen LogP contribution in [0.4, 0.5) is 5.82 Å². The summed E-state index contributed by atoms with van der Waals surface area (Å²) in [7, 11) is 0. The third kappa shape index (κ3) is 7.11. The predicted molar refractivity (Wildman–Crippen MR) is 167 cm³/mol. The molecule has 11 nitrogen and oxygen atoms in total. The summed E-state index contributed by atoms with van der Waals surface area (Å²) < 4.78 is 17.3. The number of hydrogen-bond acceptors (Lipinski definition) is 11. The fraction of sp³-hybridized carbons (Fsp3) is 0.469. The van der Waals surface area contributed by atoms with Crippen molar-refractivity contribution in [3.8, 4) is 23.1 Å². The van der Waals surface area contributed by atoms with E-state index in [0.717, 1.165) is 30.5 Å². The van der Waals surface area contributed by atoms with Gasteiger partial charge >= 0.3 is 6.01 Å². The van der Waals surface area contributed by atoms with Gasteiger partial charge in [0.15, 0.2) is 11.6 Å². The lowest BCUT2D eigenvalue weighted by atomic mass is 10.0. The highest BCUT2D eigenvalue weighted by Crippen LogP contribution is 2.37. The van der Waals surface area contributed by atoms with E-state index in [-0.39, 0.29) is 18.5 Å². The molecular formula is C32H39ClN6O5. The third-order valence-corrected chi connectivity index (χ3v) is 8.05. The minimum Gasteiger partial charge on any atom is -0.491 e. The molecular weight excluding hydrogens is 584 g/mol. The number of carbonyl (C=O) groups excluding carboxylic acids is 1. The average Bonchev–Trinajstić information content (AvgIpc) is 3.41. The fourth-order valence-electron chi connectivity index (χ4n) is 5.47. The van der Waals surface area contributed by atoms with Gasteiger partial charge in [0, 0.05) is 48.0 Å². The normalized spacial score (nSPS) is 16.4. The highest BCUT2D eigenvalue weighted by atomic mass is 35.5. The molecule has 5 rings (SSSR count). The Morgan fingerprint density at radius 1 is 1.20 bits per heavy atom. The summed E-state index contributed by atoms with van der Waals surface area (Å²) in [5.41, 5.74) is 10.4. The zero-order valence-electron chi connectivity index (χ0n) is 25.6. The smallest absolute Gasteiger partial charge is 0.316 e. The van der Waals surface area contributed by atoms with E-state index in [1.165, 1.54) is 6.92 Å². The third-order valence-electron chi connectivity index (χ3n) is 7.72. The lowest BCUT2D eigenvalue weighted by Gasteiger charge is -2.22. The van der Waals surface area contributed by atoms with Crippen LogP contribution in [0.5, 0.6) is 11.8 Å². The monoisotopic (exact) mass is 622 g/mol. The van der Waals surface area contributed by atoms with Crippen molar-refractivity contribution in [2.24, 2.45) is 5.73 Å². The van der Waals surface area contributed by atoms with Crippen LogP contribution in [-0.4, -0.2) is 62.9 Å². The van der Waals surface area contributed by atoms with Crippen molar-refractivity contribution in [2.75, 3.05) is 24.7 Å². The van der Waals surface area contributed by atoms with Gasteiger partial charge in [0.05, 0.1) is 47.8 Å². The van der Waals surface area contributed by atoms with Crippen molar-refractivity contribution < 1.29 is 24.1 Å². The number of benzene rings is 1. The van der Waals surface area contributed by atoms with Crippen LogP contribution in [0.25, 0.3) is 17.0 Å². The maximum Gasteiger partial charge on any atom is 0.316 e. The van der Waals surface area contributed by atoms with Gasteiger partial charge in [0.25, 0.3) is 0 Å². The molecule has 3 aromatic rings. The van der Waals surface area contributed by atoms with Crippen LogP contribution in [0.2, 0.25) is 5.02 Å². The predicted octanol–water partition coefficient (Wildman–Crippen LogP) is 4.79. The summed E-state index contributed by atoms with van der Waals surface area (Å²) in [6.07, 6.45) is 4.35. The molecule has 0 bridgehead atoms. The average molecular weight is 623 g/mol. The Balaban J connectivity index is 1.51. The number of rotatable bonds is 11. The Hall–Kier alpha value is -3.80. The minimum absolute atomic E-state index is 0.0317. The lowest BCUT2D eigenvalue weighted by molar-refractivity contribution is -0.111. The first-order valence-corrected chi connectivity index (χ1v) is 15.3. The van der Waals surface area contributed by atoms with E-state index in [2.05, 4.69) is 9.88 Å². The molecule has 1 aromatic carbocycles. The number of allylic oxidation sites excluding steroid dienone is 2. The van der Waals surface area contributed by atoms with E-state index >= 15 is 0 Å². The van der Waals surface area contributed by atoms with Gasteiger partial charge in [-0.25, -0.2) is 15.0 Å². The second kappa shape index (κ2) is 13.9. The number of ether oxygens (including phenoxy) is 3. The summed E-state index contributed by atoms with van der Waals surface area (Å²) in [6, 6.07) is 5.54. The maximum atomic E-state index is 12.8. The molecule has 1 atom stereocenters. The molecule has 0 aliphatic carbocycles. The molecule has 2 aliphatic heterocycles. The molecule has 0 unspecified atom stereocenters. The Morgan fingerprint density at radius 2 is 1.98 bits per heavy atom. The number of aromatic nitrogens is 4. The Morgan fingerprint density at radius 3 is 2.68 bits per heavy atom. The second-order valence-corrected chi connectivity index (χ2v) is 11.7. The van der Waals surface area contributed by atoms with E-state index in [1.807, 2.05) is 13.8 Å². The number of halogens is 1. The van der Waals surface area contributed by atoms with Gasteiger partial charge < -0.3 is 30.0 Å². The number of nitrogens with two attached hydrogens (primary N) is 1. The number of aliphatic hydroxyl groups excluding tert-OH is 1. The molecule has 12 heteroatoms. The minimum atomic E-state index is -0.578. The molecule has 0 saturated carbocycles. The van der Waals surface area contributed by atoms with Crippen molar-refractivity contribution in [3.63, 3.8) is 0 Å². The summed E-state index contributed by atoms with van der Waals surface area (Å²) in [6.45, 7) is 9.49. The van der Waals surface area contributed by atoms with E-state index in [9.17, 15) is 9.90 Å². The topological polar surface area (TPSA) is 146 Å². The van der Waals surface area contributed by atoms with E-state index in [0.29, 0.717) is 89.2 Å². The van der Waals surface area contributed by atoms with Gasteiger partial charge in [-0.15, -0.1) is 0 Å². The molecule has 3 N–H and O–H groups in total. The van der Waals surface area contributed by atoms with Crippen LogP contribution >= 0.6 is 11.6 Å². The molecule has 2 aromatic heterocycles. The second-order valence-electron chi connectivity index (χ2n) is 11.3. The van der Waals surface area contributed by atoms with Crippen LogP contribution in [0.3, 0.4) is 0 Å².